The van der Waals surface area contributed by atoms with Crippen molar-refractivity contribution in [3.8, 4) is 0 Å². The number of nitrogens with one attached hydrogen (secondary N) is 1. The molecule has 0 bridgehead atoms. The third-order valence-electron chi connectivity index (χ3n) is 3.19. The van der Waals surface area contributed by atoms with Crippen LogP contribution in [0.4, 0.5) is 0 Å². The van der Waals surface area contributed by atoms with Crippen molar-refractivity contribution >= 4 is 17.7 Å². The van der Waals surface area contributed by atoms with Crippen molar-refractivity contribution in [2.24, 2.45) is 0 Å². The highest BCUT2D eigenvalue weighted by atomic mass is 32.2. The molecular formula is C17H21NO2S. The minimum absolute atomic E-state index is 0.0813. The zero-order valence-electron chi connectivity index (χ0n) is 12.3. The molecule has 2 aromatic rings. The van der Waals surface area contributed by atoms with E-state index in [0.29, 0.717) is 13.0 Å². The summed E-state index contributed by atoms with van der Waals surface area (Å²) in [4.78, 5) is 11.8. The van der Waals surface area contributed by atoms with Crippen LogP contribution in [0.3, 0.4) is 0 Å². The van der Waals surface area contributed by atoms with Crippen LogP contribution in [0.15, 0.2) is 47.1 Å². The van der Waals surface area contributed by atoms with Crippen molar-refractivity contribution in [1.82, 2.24) is 5.32 Å². The van der Waals surface area contributed by atoms with E-state index < -0.39 is 0 Å². The van der Waals surface area contributed by atoms with Crippen LogP contribution < -0.4 is 5.32 Å². The van der Waals surface area contributed by atoms with Gasteiger partial charge in [-0.25, -0.2) is 0 Å². The molecule has 1 heterocycles. The zero-order valence-corrected chi connectivity index (χ0v) is 13.1. The lowest BCUT2D eigenvalue weighted by molar-refractivity contribution is -0.120. The Morgan fingerprint density at radius 2 is 1.95 bits per heavy atom. The molecule has 0 aliphatic heterocycles. The molecular weight excluding hydrogens is 282 g/mol. The van der Waals surface area contributed by atoms with E-state index in [0.717, 1.165) is 29.3 Å². The van der Waals surface area contributed by atoms with Gasteiger partial charge in [-0.3, -0.25) is 4.79 Å². The first-order valence-electron chi connectivity index (χ1n) is 7.22. The fourth-order valence-electron chi connectivity index (χ4n) is 1.97. The van der Waals surface area contributed by atoms with Crippen LogP contribution >= 0.6 is 11.8 Å². The maximum atomic E-state index is 11.8. The lowest BCUT2D eigenvalue weighted by Gasteiger charge is -2.05. The second-order valence-corrected chi connectivity index (χ2v) is 5.93. The van der Waals surface area contributed by atoms with E-state index in [4.69, 9.17) is 4.42 Å². The van der Waals surface area contributed by atoms with Crippen molar-refractivity contribution in [3.05, 3.63) is 59.5 Å². The summed E-state index contributed by atoms with van der Waals surface area (Å²) in [7, 11) is 0. The molecule has 0 atom stereocenters. The molecule has 1 N–H and O–H groups in total. The van der Waals surface area contributed by atoms with E-state index in [1.165, 1.54) is 5.56 Å². The molecule has 1 amide bonds. The Morgan fingerprint density at radius 1 is 1.19 bits per heavy atom. The van der Waals surface area contributed by atoms with Crippen LogP contribution in [-0.2, 0) is 23.4 Å². The average Bonchev–Trinajstić information content (AvgIpc) is 3.01. The Bertz CT molecular complexity index is 534. The van der Waals surface area contributed by atoms with Crippen molar-refractivity contribution in [3.63, 3.8) is 0 Å². The highest BCUT2D eigenvalue weighted by molar-refractivity contribution is 7.98. The number of aryl methyl sites for hydroxylation is 1. The summed E-state index contributed by atoms with van der Waals surface area (Å²) in [6.45, 7) is 2.82. The molecule has 0 aliphatic carbocycles. The fraction of sp³-hybridized carbons (Fsp3) is 0.353. The quantitative estimate of drug-likeness (QED) is 0.760. The SMILES string of the molecule is CCc1ccc(CC(=O)NCCSCc2ccco2)cc1. The van der Waals surface area contributed by atoms with Gasteiger partial charge in [-0.05, 0) is 29.7 Å². The van der Waals surface area contributed by atoms with E-state index >= 15 is 0 Å². The summed E-state index contributed by atoms with van der Waals surface area (Å²) in [6.07, 6.45) is 3.16. The third-order valence-corrected chi connectivity index (χ3v) is 4.17. The van der Waals surface area contributed by atoms with E-state index in [2.05, 4.69) is 24.4 Å². The molecule has 0 unspecified atom stereocenters. The summed E-state index contributed by atoms with van der Waals surface area (Å²) >= 11 is 1.76. The highest BCUT2D eigenvalue weighted by Gasteiger charge is 2.03. The van der Waals surface area contributed by atoms with Crippen LogP contribution in [0.5, 0.6) is 0 Å². The molecule has 1 aromatic carbocycles. The zero-order chi connectivity index (χ0) is 14.9. The van der Waals surface area contributed by atoms with Gasteiger partial charge < -0.3 is 9.73 Å². The standard InChI is InChI=1S/C17H21NO2S/c1-2-14-5-7-15(8-6-14)12-17(19)18-9-11-21-13-16-4-3-10-20-16/h3-8,10H,2,9,11-13H2,1H3,(H,18,19). The molecule has 3 nitrogen and oxygen atoms in total. The second kappa shape index (κ2) is 8.57. The predicted octanol–water partition coefficient (Wildman–Crippen LogP) is 3.43. The number of rotatable bonds is 8. The van der Waals surface area contributed by atoms with Gasteiger partial charge in [0.2, 0.25) is 5.91 Å². The number of hydrogen-bond donors (Lipinski definition) is 1. The molecule has 0 saturated heterocycles. The van der Waals surface area contributed by atoms with Gasteiger partial charge in [0.15, 0.2) is 0 Å². The Labute approximate surface area is 130 Å². The summed E-state index contributed by atoms with van der Waals surface area (Å²) in [6, 6.07) is 12.1. The molecule has 0 saturated carbocycles. The Hall–Kier alpha value is -1.68. The van der Waals surface area contributed by atoms with E-state index in [-0.39, 0.29) is 5.91 Å². The van der Waals surface area contributed by atoms with Gasteiger partial charge in [0.1, 0.15) is 5.76 Å². The molecule has 0 aliphatic rings. The lowest BCUT2D eigenvalue weighted by atomic mass is 10.1. The monoisotopic (exact) mass is 303 g/mol. The van der Waals surface area contributed by atoms with E-state index in [1.807, 2.05) is 24.3 Å². The first-order chi connectivity index (χ1) is 10.3. The number of benzene rings is 1. The number of amides is 1. The van der Waals surface area contributed by atoms with Gasteiger partial charge in [0, 0.05) is 12.3 Å². The molecule has 0 radical (unpaired) electrons. The van der Waals surface area contributed by atoms with E-state index in [9.17, 15) is 4.79 Å². The lowest BCUT2D eigenvalue weighted by Crippen LogP contribution is -2.27. The fourth-order valence-corrected chi connectivity index (χ4v) is 2.73. The van der Waals surface area contributed by atoms with E-state index in [1.54, 1.807) is 18.0 Å². The smallest absolute Gasteiger partial charge is 0.224 e. The Balaban J connectivity index is 1.60. The summed E-state index contributed by atoms with van der Waals surface area (Å²) in [5.41, 5.74) is 2.36. The van der Waals surface area contributed by atoms with Crippen molar-refractivity contribution in [2.45, 2.75) is 25.5 Å². The minimum Gasteiger partial charge on any atom is -0.468 e. The van der Waals surface area contributed by atoms with Crippen molar-refractivity contribution in [2.75, 3.05) is 12.3 Å². The normalized spacial score (nSPS) is 10.5. The Kier molecular flexibility index (Phi) is 6.41. The molecule has 0 fully saturated rings. The molecule has 1 aromatic heterocycles. The first-order valence-corrected chi connectivity index (χ1v) is 8.38. The maximum absolute atomic E-state index is 11.8. The average molecular weight is 303 g/mol. The number of thioether (sulfide) groups is 1. The molecule has 2 rings (SSSR count). The van der Waals surface area contributed by atoms with Gasteiger partial charge in [0.25, 0.3) is 0 Å². The molecule has 0 spiro atoms. The molecule has 4 heteroatoms. The predicted molar refractivity (Wildman–Crippen MR) is 87.4 cm³/mol. The summed E-state index contributed by atoms with van der Waals surface area (Å²) in [5.74, 6) is 2.79. The summed E-state index contributed by atoms with van der Waals surface area (Å²) in [5, 5.41) is 2.95. The number of furan rings is 1. The number of carbonyl (C=O) groups excluding carboxylic acids is 1. The second-order valence-electron chi connectivity index (χ2n) is 4.83. The van der Waals surface area contributed by atoms with Crippen molar-refractivity contribution in [1.29, 1.82) is 0 Å². The van der Waals surface area contributed by atoms with Crippen LogP contribution in [-0.4, -0.2) is 18.2 Å². The van der Waals surface area contributed by atoms with Crippen LogP contribution in [0.2, 0.25) is 0 Å². The molecule has 112 valence electrons. The van der Waals surface area contributed by atoms with Crippen LogP contribution in [0.1, 0.15) is 23.8 Å². The maximum Gasteiger partial charge on any atom is 0.224 e. The van der Waals surface area contributed by atoms with Crippen LogP contribution in [0.25, 0.3) is 0 Å². The number of hydrogen-bond acceptors (Lipinski definition) is 3. The molecule has 21 heavy (non-hydrogen) atoms. The van der Waals surface area contributed by atoms with Gasteiger partial charge in [0.05, 0.1) is 18.4 Å². The topological polar surface area (TPSA) is 42.2 Å². The van der Waals surface area contributed by atoms with Gasteiger partial charge in [-0.15, -0.1) is 0 Å². The third kappa shape index (κ3) is 5.68. The van der Waals surface area contributed by atoms with Gasteiger partial charge >= 0.3 is 0 Å². The van der Waals surface area contributed by atoms with Crippen molar-refractivity contribution < 1.29 is 9.21 Å². The number of carbonyl (C=O) groups is 1. The first kappa shape index (κ1) is 15.7. The van der Waals surface area contributed by atoms with Crippen LogP contribution in [0, 0.1) is 0 Å². The Morgan fingerprint density at radius 3 is 2.62 bits per heavy atom. The summed E-state index contributed by atoms with van der Waals surface area (Å²) < 4.78 is 5.25. The van der Waals surface area contributed by atoms with Gasteiger partial charge in [-0.2, -0.15) is 11.8 Å². The minimum atomic E-state index is 0.0813. The largest absolute Gasteiger partial charge is 0.468 e. The van der Waals surface area contributed by atoms with Gasteiger partial charge in [-0.1, -0.05) is 31.2 Å². The highest BCUT2D eigenvalue weighted by Crippen LogP contribution is 2.11.